The molecule has 1 aromatic carbocycles. The Morgan fingerprint density at radius 2 is 2.32 bits per heavy atom. The molecule has 1 aliphatic carbocycles. The average Bonchev–Trinajstić information content (AvgIpc) is 3.20. The van der Waals surface area contributed by atoms with E-state index < -0.39 is 6.10 Å². The van der Waals surface area contributed by atoms with Gasteiger partial charge >= 0.3 is 0 Å². The van der Waals surface area contributed by atoms with Gasteiger partial charge in [-0.05, 0) is 43.9 Å². The zero-order valence-corrected chi connectivity index (χ0v) is 11.6. The van der Waals surface area contributed by atoms with Crippen molar-refractivity contribution < 1.29 is 14.6 Å². The number of amides is 1. The van der Waals surface area contributed by atoms with Gasteiger partial charge in [0.05, 0.1) is 18.3 Å². The summed E-state index contributed by atoms with van der Waals surface area (Å²) in [6.45, 7) is 2.59. The van der Waals surface area contributed by atoms with Crippen LogP contribution in [0.3, 0.4) is 0 Å². The van der Waals surface area contributed by atoms with Gasteiger partial charge in [0.25, 0.3) is 5.91 Å². The molecule has 2 N–H and O–H groups in total. The predicted molar refractivity (Wildman–Crippen MR) is 73.7 cm³/mol. The molecule has 1 fully saturated rings. The second-order valence-electron chi connectivity index (χ2n) is 4.69. The molecule has 0 heterocycles. The fraction of sp³-hybridized carbons (Fsp3) is 0.500. The maximum absolute atomic E-state index is 12.1. The average molecular weight is 284 g/mol. The highest BCUT2D eigenvalue weighted by atomic mass is 35.5. The second kappa shape index (κ2) is 6.26. The molecule has 0 aromatic heterocycles. The second-order valence-corrected chi connectivity index (χ2v) is 5.12. The van der Waals surface area contributed by atoms with Crippen LogP contribution in [0.15, 0.2) is 18.2 Å². The molecule has 1 atom stereocenters. The standard InChI is InChI=1S/C14H18ClNO3/c1-2-19-13-7-10(15)5-6-11(13)14(18)16-8-12(17)9-3-4-9/h5-7,9,12,17H,2-4,8H2,1H3,(H,16,18)/t12-/m0/s1. The van der Waals surface area contributed by atoms with Crippen molar-refractivity contribution in [1.82, 2.24) is 5.32 Å². The van der Waals surface area contributed by atoms with E-state index in [0.29, 0.717) is 28.9 Å². The molecule has 19 heavy (non-hydrogen) atoms. The van der Waals surface area contributed by atoms with Crippen molar-refractivity contribution in [2.75, 3.05) is 13.2 Å². The van der Waals surface area contributed by atoms with Crippen LogP contribution in [-0.4, -0.2) is 30.3 Å². The summed E-state index contributed by atoms with van der Waals surface area (Å²) >= 11 is 5.88. The van der Waals surface area contributed by atoms with Crippen LogP contribution in [-0.2, 0) is 0 Å². The maximum Gasteiger partial charge on any atom is 0.255 e. The first kappa shape index (κ1) is 14.2. The summed E-state index contributed by atoms with van der Waals surface area (Å²) in [5.41, 5.74) is 0.439. The first-order valence-electron chi connectivity index (χ1n) is 6.50. The van der Waals surface area contributed by atoms with Gasteiger partial charge in [-0.2, -0.15) is 0 Å². The summed E-state index contributed by atoms with van der Waals surface area (Å²) < 4.78 is 5.40. The predicted octanol–water partition coefficient (Wildman–Crippen LogP) is 2.24. The van der Waals surface area contributed by atoms with Gasteiger partial charge < -0.3 is 15.2 Å². The van der Waals surface area contributed by atoms with Gasteiger partial charge in [0, 0.05) is 11.6 Å². The van der Waals surface area contributed by atoms with E-state index in [1.807, 2.05) is 6.92 Å². The van der Waals surface area contributed by atoms with Gasteiger partial charge in [-0.3, -0.25) is 4.79 Å². The molecule has 4 nitrogen and oxygen atoms in total. The van der Waals surface area contributed by atoms with Gasteiger partial charge in [0.2, 0.25) is 0 Å². The van der Waals surface area contributed by atoms with E-state index in [4.69, 9.17) is 16.3 Å². The molecule has 1 saturated carbocycles. The topological polar surface area (TPSA) is 58.6 Å². The van der Waals surface area contributed by atoms with Gasteiger partial charge in [0.1, 0.15) is 5.75 Å². The number of benzene rings is 1. The summed E-state index contributed by atoms with van der Waals surface area (Å²) in [5, 5.41) is 13.0. The fourth-order valence-corrected chi connectivity index (χ4v) is 2.06. The van der Waals surface area contributed by atoms with Crippen LogP contribution in [0.1, 0.15) is 30.1 Å². The lowest BCUT2D eigenvalue weighted by molar-refractivity contribution is 0.0897. The molecule has 104 valence electrons. The van der Waals surface area contributed by atoms with Crippen molar-refractivity contribution in [3.05, 3.63) is 28.8 Å². The number of hydrogen-bond acceptors (Lipinski definition) is 3. The Morgan fingerprint density at radius 1 is 1.58 bits per heavy atom. The SMILES string of the molecule is CCOc1cc(Cl)ccc1C(=O)NC[C@H](O)C1CC1. The number of rotatable bonds is 6. The fourth-order valence-electron chi connectivity index (χ4n) is 1.90. The van der Waals surface area contributed by atoms with E-state index in [0.717, 1.165) is 12.8 Å². The van der Waals surface area contributed by atoms with Crippen LogP contribution in [0.2, 0.25) is 5.02 Å². The van der Waals surface area contributed by atoms with Crippen LogP contribution in [0.4, 0.5) is 0 Å². The lowest BCUT2D eigenvalue weighted by Gasteiger charge is -2.13. The Bertz CT molecular complexity index is 460. The number of carbonyl (C=O) groups is 1. The number of aliphatic hydroxyl groups is 1. The van der Waals surface area contributed by atoms with Crippen LogP contribution in [0.25, 0.3) is 0 Å². The number of aliphatic hydroxyl groups excluding tert-OH is 1. The Hall–Kier alpha value is -1.26. The third-order valence-electron chi connectivity index (χ3n) is 3.13. The lowest BCUT2D eigenvalue weighted by atomic mass is 10.1. The van der Waals surface area contributed by atoms with Crippen molar-refractivity contribution in [3.8, 4) is 5.75 Å². The van der Waals surface area contributed by atoms with Crippen LogP contribution in [0.5, 0.6) is 5.75 Å². The number of halogens is 1. The van der Waals surface area contributed by atoms with E-state index >= 15 is 0 Å². The number of ether oxygens (including phenoxy) is 1. The molecule has 0 aliphatic heterocycles. The molecule has 1 aromatic rings. The highest BCUT2D eigenvalue weighted by Crippen LogP contribution is 2.32. The van der Waals surface area contributed by atoms with Crippen molar-refractivity contribution in [1.29, 1.82) is 0 Å². The molecule has 0 spiro atoms. The quantitative estimate of drug-likeness (QED) is 0.842. The smallest absolute Gasteiger partial charge is 0.255 e. The number of hydrogen-bond donors (Lipinski definition) is 2. The zero-order valence-electron chi connectivity index (χ0n) is 10.9. The van der Waals surface area contributed by atoms with Crippen molar-refractivity contribution >= 4 is 17.5 Å². The van der Waals surface area contributed by atoms with Gasteiger partial charge in [-0.1, -0.05) is 11.6 Å². The third-order valence-corrected chi connectivity index (χ3v) is 3.36. The third kappa shape index (κ3) is 3.85. The zero-order chi connectivity index (χ0) is 13.8. The Kier molecular flexibility index (Phi) is 4.66. The molecule has 1 aliphatic rings. The molecule has 2 rings (SSSR count). The largest absolute Gasteiger partial charge is 0.493 e. The van der Waals surface area contributed by atoms with E-state index in [1.54, 1.807) is 18.2 Å². The summed E-state index contributed by atoms with van der Waals surface area (Å²) in [4.78, 5) is 12.1. The van der Waals surface area contributed by atoms with E-state index in [1.165, 1.54) is 0 Å². The van der Waals surface area contributed by atoms with Gasteiger partial charge in [-0.25, -0.2) is 0 Å². The summed E-state index contributed by atoms with van der Waals surface area (Å²) in [6, 6.07) is 4.90. The highest BCUT2D eigenvalue weighted by molar-refractivity contribution is 6.30. The maximum atomic E-state index is 12.1. The van der Waals surface area contributed by atoms with E-state index in [2.05, 4.69) is 5.32 Å². The first-order valence-corrected chi connectivity index (χ1v) is 6.88. The minimum Gasteiger partial charge on any atom is -0.493 e. The van der Waals surface area contributed by atoms with Crippen LogP contribution >= 0.6 is 11.6 Å². The minimum atomic E-state index is -0.452. The van der Waals surface area contributed by atoms with Gasteiger partial charge in [-0.15, -0.1) is 0 Å². The van der Waals surface area contributed by atoms with Crippen molar-refractivity contribution in [3.63, 3.8) is 0 Å². The molecular weight excluding hydrogens is 266 g/mol. The molecule has 1 amide bonds. The molecule has 5 heteroatoms. The minimum absolute atomic E-state index is 0.250. The molecule has 0 unspecified atom stereocenters. The number of nitrogens with one attached hydrogen (secondary N) is 1. The summed E-state index contributed by atoms with van der Waals surface area (Å²) in [7, 11) is 0. The first-order chi connectivity index (χ1) is 9.11. The Labute approximate surface area is 117 Å². The summed E-state index contributed by atoms with van der Waals surface area (Å²) in [6.07, 6.45) is 1.64. The highest BCUT2D eigenvalue weighted by Gasteiger charge is 2.29. The summed E-state index contributed by atoms with van der Waals surface area (Å²) in [5.74, 6) is 0.560. The lowest BCUT2D eigenvalue weighted by Crippen LogP contribution is -2.33. The molecule has 0 bridgehead atoms. The Morgan fingerprint density at radius 3 is 2.95 bits per heavy atom. The van der Waals surface area contributed by atoms with Gasteiger partial charge in [0.15, 0.2) is 0 Å². The Balaban J connectivity index is 2.00. The van der Waals surface area contributed by atoms with E-state index in [-0.39, 0.29) is 12.5 Å². The van der Waals surface area contributed by atoms with E-state index in [9.17, 15) is 9.90 Å². The van der Waals surface area contributed by atoms with Crippen LogP contribution < -0.4 is 10.1 Å². The molecular formula is C14H18ClNO3. The van der Waals surface area contributed by atoms with Crippen molar-refractivity contribution in [2.45, 2.75) is 25.9 Å². The molecule has 0 saturated heterocycles. The van der Waals surface area contributed by atoms with Crippen molar-refractivity contribution in [2.24, 2.45) is 5.92 Å². The monoisotopic (exact) mass is 283 g/mol. The normalized spacial score (nSPS) is 15.9. The van der Waals surface area contributed by atoms with Crippen LogP contribution in [0, 0.1) is 5.92 Å². The number of carbonyl (C=O) groups excluding carboxylic acids is 1. The molecule has 0 radical (unpaired) electrons.